The predicted octanol–water partition coefficient (Wildman–Crippen LogP) is 3.00. The van der Waals surface area contributed by atoms with Crippen LogP contribution in [0, 0.1) is 10.6 Å². The van der Waals surface area contributed by atoms with Gasteiger partial charge in [-0.2, -0.15) is 5.10 Å². The quantitative estimate of drug-likeness (QED) is 0.866. The van der Waals surface area contributed by atoms with Crippen molar-refractivity contribution < 1.29 is 4.74 Å². The first-order valence-electron chi connectivity index (χ1n) is 4.57. The van der Waals surface area contributed by atoms with Gasteiger partial charge in [0.25, 0.3) is 0 Å². The number of rotatable bonds is 2. The maximum atomic E-state index is 5.12. The van der Waals surface area contributed by atoms with Gasteiger partial charge >= 0.3 is 0 Å². The van der Waals surface area contributed by atoms with Gasteiger partial charge in [-0.15, -0.1) is 0 Å². The highest BCUT2D eigenvalue weighted by atomic mass is 127. The molecule has 2 aromatic rings. The zero-order valence-corrected chi connectivity index (χ0v) is 10.7. The second-order valence-electron chi connectivity index (χ2n) is 3.24. The van der Waals surface area contributed by atoms with E-state index in [4.69, 9.17) is 4.74 Å². The maximum Gasteiger partial charge on any atom is 0.131 e. The van der Waals surface area contributed by atoms with Crippen molar-refractivity contribution in [1.82, 2.24) is 10.2 Å². The lowest BCUT2D eigenvalue weighted by Crippen LogP contribution is -1.84. The van der Waals surface area contributed by atoms with Crippen molar-refractivity contribution in [1.29, 1.82) is 0 Å². The van der Waals surface area contributed by atoms with Crippen LogP contribution >= 0.6 is 22.6 Å². The Labute approximate surface area is 102 Å². The molecule has 1 aromatic heterocycles. The van der Waals surface area contributed by atoms with Crippen molar-refractivity contribution in [2.75, 3.05) is 7.11 Å². The van der Waals surface area contributed by atoms with Crippen LogP contribution in [0.2, 0.25) is 0 Å². The number of nitrogens with zero attached hydrogens (tertiary/aromatic N) is 1. The lowest BCUT2D eigenvalue weighted by molar-refractivity contribution is 0.415. The molecule has 0 atom stereocenters. The fraction of sp³-hybridized carbons (Fsp3) is 0.182. The summed E-state index contributed by atoms with van der Waals surface area (Å²) in [5.74, 6) is 0.870. The Morgan fingerprint density at radius 1 is 1.27 bits per heavy atom. The van der Waals surface area contributed by atoms with E-state index in [0.717, 1.165) is 20.7 Å². The molecule has 78 valence electrons. The van der Waals surface area contributed by atoms with Gasteiger partial charge < -0.3 is 4.74 Å². The smallest absolute Gasteiger partial charge is 0.131 e. The third kappa shape index (κ3) is 1.99. The Morgan fingerprint density at radius 2 is 1.93 bits per heavy atom. The molecule has 1 aromatic carbocycles. The molecule has 0 aliphatic heterocycles. The van der Waals surface area contributed by atoms with Crippen molar-refractivity contribution in [2.24, 2.45) is 0 Å². The molecule has 0 fully saturated rings. The minimum absolute atomic E-state index is 0.870. The fourth-order valence-electron chi connectivity index (χ4n) is 1.49. The summed E-state index contributed by atoms with van der Waals surface area (Å²) in [4.78, 5) is 0. The van der Waals surface area contributed by atoms with E-state index in [-0.39, 0.29) is 0 Å². The highest BCUT2D eigenvalue weighted by Crippen LogP contribution is 2.28. The minimum atomic E-state index is 0.870. The number of benzene rings is 1. The zero-order chi connectivity index (χ0) is 10.8. The van der Waals surface area contributed by atoms with E-state index < -0.39 is 0 Å². The monoisotopic (exact) mass is 314 g/mol. The number of halogens is 1. The predicted molar refractivity (Wildman–Crippen MR) is 68.0 cm³/mol. The number of methoxy groups -OCH3 is 1. The Hall–Kier alpha value is -1.04. The molecule has 2 rings (SSSR count). The third-order valence-corrected chi connectivity index (χ3v) is 3.06. The van der Waals surface area contributed by atoms with Gasteiger partial charge in [-0.1, -0.05) is 12.1 Å². The molecule has 0 aliphatic rings. The summed E-state index contributed by atoms with van der Waals surface area (Å²) < 4.78 is 6.12. The summed E-state index contributed by atoms with van der Waals surface area (Å²) in [5.41, 5.74) is 3.41. The number of hydrogen-bond acceptors (Lipinski definition) is 2. The first-order valence-corrected chi connectivity index (χ1v) is 5.65. The normalized spacial score (nSPS) is 10.3. The van der Waals surface area contributed by atoms with Crippen molar-refractivity contribution >= 4 is 22.6 Å². The molecule has 0 saturated heterocycles. The number of ether oxygens (including phenoxy) is 1. The van der Waals surface area contributed by atoms with Gasteiger partial charge in [-0.3, -0.25) is 5.10 Å². The van der Waals surface area contributed by atoms with Gasteiger partial charge in [-0.05, 0) is 47.2 Å². The Balaban J connectivity index is 2.45. The van der Waals surface area contributed by atoms with E-state index >= 15 is 0 Å². The lowest BCUT2D eigenvalue weighted by Gasteiger charge is -2.03. The second-order valence-corrected chi connectivity index (χ2v) is 4.26. The molecule has 0 spiro atoms. The largest absolute Gasteiger partial charge is 0.497 e. The highest BCUT2D eigenvalue weighted by molar-refractivity contribution is 14.1. The SMILES string of the molecule is COc1ccc(-c2c(I)n[nH]c2C)cc1. The van der Waals surface area contributed by atoms with Crippen molar-refractivity contribution in [3.63, 3.8) is 0 Å². The zero-order valence-electron chi connectivity index (χ0n) is 8.54. The highest BCUT2D eigenvalue weighted by Gasteiger charge is 2.09. The molecule has 0 radical (unpaired) electrons. The number of aromatic nitrogens is 2. The molecule has 0 saturated carbocycles. The van der Waals surface area contributed by atoms with Crippen molar-refractivity contribution in [3.8, 4) is 16.9 Å². The number of aromatic amines is 1. The molecule has 4 heteroatoms. The van der Waals surface area contributed by atoms with Crippen molar-refractivity contribution in [3.05, 3.63) is 33.7 Å². The Kier molecular flexibility index (Phi) is 2.95. The first-order chi connectivity index (χ1) is 7.22. The van der Waals surface area contributed by atoms with Crippen LogP contribution in [0.25, 0.3) is 11.1 Å². The molecule has 3 nitrogen and oxygen atoms in total. The third-order valence-electron chi connectivity index (χ3n) is 2.28. The molecular formula is C11H11IN2O. The van der Waals surface area contributed by atoms with E-state index in [9.17, 15) is 0 Å². The van der Waals surface area contributed by atoms with Crippen LogP contribution in [0.15, 0.2) is 24.3 Å². The van der Waals surface area contributed by atoms with E-state index in [1.165, 1.54) is 5.56 Å². The number of aryl methyl sites for hydroxylation is 1. The Morgan fingerprint density at radius 3 is 2.40 bits per heavy atom. The average Bonchev–Trinajstić information content (AvgIpc) is 2.59. The van der Waals surface area contributed by atoms with Crippen LogP contribution in [0.1, 0.15) is 5.69 Å². The number of H-pyrrole nitrogens is 1. The van der Waals surface area contributed by atoms with Gasteiger partial charge in [0.1, 0.15) is 9.45 Å². The molecular weight excluding hydrogens is 303 g/mol. The second kappa shape index (κ2) is 4.22. The molecule has 15 heavy (non-hydrogen) atoms. The first kappa shape index (κ1) is 10.5. The summed E-state index contributed by atoms with van der Waals surface area (Å²) >= 11 is 2.23. The molecule has 0 bridgehead atoms. The van der Waals surface area contributed by atoms with Gasteiger partial charge in [0.15, 0.2) is 0 Å². The fourth-order valence-corrected chi connectivity index (χ4v) is 2.33. The summed E-state index contributed by atoms with van der Waals surface area (Å²) in [6, 6.07) is 7.99. The van der Waals surface area contributed by atoms with E-state index in [1.807, 2.05) is 31.2 Å². The standard InChI is InChI=1S/C11H11IN2O/c1-7-10(11(12)14-13-7)8-3-5-9(15-2)6-4-8/h3-6H,1-2H3,(H,13,14). The van der Waals surface area contributed by atoms with Crippen LogP contribution in [0.4, 0.5) is 0 Å². The number of nitrogens with one attached hydrogen (secondary N) is 1. The van der Waals surface area contributed by atoms with Gasteiger partial charge in [-0.25, -0.2) is 0 Å². The lowest BCUT2D eigenvalue weighted by atomic mass is 10.1. The van der Waals surface area contributed by atoms with Gasteiger partial charge in [0.2, 0.25) is 0 Å². The molecule has 0 amide bonds. The summed E-state index contributed by atoms with van der Waals surface area (Å²) in [7, 11) is 1.67. The van der Waals surface area contributed by atoms with Crippen LogP contribution < -0.4 is 4.74 Å². The molecule has 1 N–H and O–H groups in total. The van der Waals surface area contributed by atoms with Crippen LogP contribution in [-0.4, -0.2) is 17.3 Å². The summed E-state index contributed by atoms with van der Waals surface area (Å²) in [6.45, 7) is 2.02. The summed E-state index contributed by atoms with van der Waals surface area (Å²) in [6.07, 6.45) is 0. The maximum absolute atomic E-state index is 5.12. The molecule has 1 heterocycles. The topological polar surface area (TPSA) is 37.9 Å². The van der Waals surface area contributed by atoms with E-state index in [1.54, 1.807) is 7.11 Å². The number of hydrogen-bond donors (Lipinski definition) is 1. The summed E-state index contributed by atoms with van der Waals surface area (Å²) in [5, 5.41) is 7.14. The van der Waals surface area contributed by atoms with Crippen molar-refractivity contribution in [2.45, 2.75) is 6.92 Å². The van der Waals surface area contributed by atoms with E-state index in [2.05, 4.69) is 32.8 Å². The van der Waals surface area contributed by atoms with Gasteiger partial charge in [0.05, 0.1) is 7.11 Å². The average molecular weight is 314 g/mol. The van der Waals surface area contributed by atoms with E-state index in [0.29, 0.717) is 0 Å². The van der Waals surface area contributed by atoms with Crippen LogP contribution in [-0.2, 0) is 0 Å². The Bertz CT molecular complexity index is 442. The minimum Gasteiger partial charge on any atom is -0.497 e. The molecule has 0 unspecified atom stereocenters. The van der Waals surface area contributed by atoms with Gasteiger partial charge in [0, 0.05) is 11.3 Å². The molecule has 0 aliphatic carbocycles. The van der Waals surface area contributed by atoms with Crippen LogP contribution in [0.3, 0.4) is 0 Å². The van der Waals surface area contributed by atoms with Crippen LogP contribution in [0.5, 0.6) is 5.75 Å².